The summed E-state index contributed by atoms with van der Waals surface area (Å²) in [5.74, 6) is 0. The Bertz CT molecular complexity index is 1550. The zero-order valence-corrected chi connectivity index (χ0v) is 23.1. The molecule has 0 unspecified atom stereocenters. The van der Waals surface area contributed by atoms with E-state index >= 15 is 0 Å². The predicted octanol–water partition coefficient (Wildman–Crippen LogP) is 5.19. The Hall–Kier alpha value is -3.24. The molecule has 2 aromatic carbocycles. The number of pyridine rings is 2. The van der Waals surface area contributed by atoms with Gasteiger partial charge in [0.15, 0.2) is 0 Å². The van der Waals surface area contributed by atoms with Crippen molar-refractivity contribution < 1.29 is 4.74 Å². The molecular formula is C30H29N5O2S2. The molecule has 0 spiro atoms. The van der Waals surface area contributed by atoms with E-state index in [-0.39, 0.29) is 5.56 Å². The van der Waals surface area contributed by atoms with Crippen LogP contribution >= 0.6 is 23.5 Å². The summed E-state index contributed by atoms with van der Waals surface area (Å²) in [6, 6.07) is 21.4. The maximum atomic E-state index is 12.6. The van der Waals surface area contributed by atoms with Crippen LogP contribution in [0.3, 0.4) is 0 Å². The third-order valence-electron chi connectivity index (χ3n) is 7.31. The lowest BCUT2D eigenvalue weighted by Crippen LogP contribution is -2.54. The molecule has 0 amide bonds. The van der Waals surface area contributed by atoms with Crippen LogP contribution in [0.2, 0.25) is 0 Å². The maximum absolute atomic E-state index is 12.6. The number of fused-ring (bicyclic) bond motifs is 2. The summed E-state index contributed by atoms with van der Waals surface area (Å²) in [5.41, 5.74) is 5.22. The highest BCUT2D eigenvalue weighted by Gasteiger charge is 2.27. The third-order valence-corrected chi connectivity index (χ3v) is 9.90. The lowest BCUT2D eigenvalue weighted by atomic mass is 10.1. The Kier molecular flexibility index (Phi) is 6.82. The first kappa shape index (κ1) is 24.8. The zero-order valence-electron chi connectivity index (χ0n) is 21.4. The van der Waals surface area contributed by atoms with Crippen molar-refractivity contribution in [1.82, 2.24) is 14.9 Å². The van der Waals surface area contributed by atoms with Gasteiger partial charge in [0.2, 0.25) is 5.56 Å². The summed E-state index contributed by atoms with van der Waals surface area (Å²) in [6.07, 6.45) is 3.77. The van der Waals surface area contributed by atoms with Crippen molar-refractivity contribution in [2.45, 2.75) is 32.2 Å². The van der Waals surface area contributed by atoms with E-state index < -0.39 is 0 Å². The minimum atomic E-state index is -0.0776. The molecular weight excluding hydrogens is 526 g/mol. The molecule has 39 heavy (non-hydrogen) atoms. The molecule has 2 aromatic heterocycles. The van der Waals surface area contributed by atoms with Crippen LogP contribution in [0.4, 0.5) is 11.4 Å². The second-order valence-corrected chi connectivity index (χ2v) is 12.2. The van der Waals surface area contributed by atoms with Crippen LogP contribution in [0.5, 0.6) is 0 Å². The number of benzene rings is 2. The number of aromatic nitrogens is 2. The molecule has 3 aliphatic rings. The number of likely N-dealkylation sites (tertiary alicyclic amines) is 1. The smallest absolute Gasteiger partial charge is 0.250 e. The average molecular weight is 556 g/mol. The molecule has 4 aromatic rings. The van der Waals surface area contributed by atoms with Gasteiger partial charge in [-0.2, -0.15) is 0 Å². The van der Waals surface area contributed by atoms with Gasteiger partial charge in [-0.15, -0.1) is 0 Å². The molecule has 2 fully saturated rings. The number of aromatic amines is 1. The van der Waals surface area contributed by atoms with E-state index in [9.17, 15) is 4.79 Å². The van der Waals surface area contributed by atoms with E-state index in [0.717, 1.165) is 55.4 Å². The standard InChI is InChI=1S/C30H29N5O2S2/c36-29-15-23(35-9-11-37-12-10-35)14-25(33-29)24-4-1-5-27-30(24)39-26-7-6-21(13-28(26)38-27)32-22-18-34(19-22)17-20-3-2-8-31-16-20/h1-8,13-16,22,32H,9-12,17-19H2,(H,33,36). The van der Waals surface area contributed by atoms with Gasteiger partial charge in [-0.1, -0.05) is 41.7 Å². The number of nitrogens with zero attached hydrogens (tertiary/aromatic N) is 3. The Morgan fingerprint density at radius 1 is 0.974 bits per heavy atom. The summed E-state index contributed by atoms with van der Waals surface area (Å²) in [5, 5.41) is 3.72. The third kappa shape index (κ3) is 5.32. The van der Waals surface area contributed by atoms with Crippen LogP contribution in [0, 0.1) is 0 Å². The summed E-state index contributed by atoms with van der Waals surface area (Å²) in [4.78, 5) is 29.5. The van der Waals surface area contributed by atoms with Crippen LogP contribution < -0.4 is 15.8 Å². The first-order valence-electron chi connectivity index (χ1n) is 13.3. The van der Waals surface area contributed by atoms with Crippen molar-refractivity contribution in [1.29, 1.82) is 0 Å². The monoisotopic (exact) mass is 555 g/mol. The highest BCUT2D eigenvalue weighted by atomic mass is 32.2. The Morgan fingerprint density at radius 2 is 1.87 bits per heavy atom. The summed E-state index contributed by atoms with van der Waals surface area (Å²) < 4.78 is 5.50. The SMILES string of the molecule is O=c1cc(N2CCOCC2)cc(-c2cccc3c2Sc2ccc(NC4CN(Cc5cccnc5)C4)cc2S3)[nH]1. The summed E-state index contributed by atoms with van der Waals surface area (Å²) in [6.45, 7) is 5.98. The van der Waals surface area contributed by atoms with Crippen molar-refractivity contribution in [3.63, 3.8) is 0 Å². The predicted molar refractivity (Wildman–Crippen MR) is 157 cm³/mol. The van der Waals surface area contributed by atoms with E-state index in [1.165, 1.54) is 25.1 Å². The molecule has 2 N–H and O–H groups in total. The van der Waals surface area contributed by atoms with E-state index in [0.29, 0.717) is 19.3 Å². The maximum Gasteiger partial charge on any atom is 0.250 e. The van der Waals surface area contributed by atoms with Crippen molar-refractivity contribution in [3.8, 4) is 11.3 Å². The average Bonchev–Trinajstić information content (AvgIpc) is 2.95. The molecule has 198 valence electrons. The number of hydrogen-bond donors (Lipinski definition) is 2. The lowest BCUT2D eigenvalue weighted by molar-refractivity contribution is 0.122. The first-order valence-corrected chi connectivity index (χ1v) is 14.9. The van der Waals surface area contributed by atoms with Gasteiger partial charge < -0.3 is 19.9 Å². The molecule has 7 rings (SSSR count). The molecule has 0 atom stereocenters. The summed E-state index contributed by atoms with van der Waals surface area (Å²) >= 11 is 3.58. The van der Waals surface area contributed by atoms with Crippen molar-refractivity contribution >= 4 is 34.9 Å². The van der Waals surface area contributed by atoms with Crippen LogP contribution in [0.1, 0.15) is 5.56 Å². The molecule has 0 aliphatic carbocycles. The van der Waals surface area contributed by atoms with Crippen molar-refractivity contribution in [2.24, 2.45) is 0 Å². The fraction of sp³-hybridized carbons (Fsp3) is 0.267. The number of rotatable bonds is 6. The molecule has 7 nitrogen and oxygen atoms in total. The highest BCUT2D eigenvalue weighted by Crippen LogP contribution is 2.52. The van der Waals surface area contributed by atoms with E-state index in [1.807, 2.05) is 18.5 Å². The van der Waals surface area contributed by atoms with Crippen molar-refractivity contribution in [2.75, 3.05) is 49.6 Å². The largest absolute Gasteiger partial charge is 0.380 e. The molecule has 2 saturated heterocycles. The van der Waals surface area contributed by atoms with Gasteiger partial charge in [0.25, 0.3) is 0 Å². The molecule has 5 heterocycles. The number of morpholine rings is 1. The number of anilines is 2. The van der Waals surface area contributed by atoms with E-state index in [2.05, 4.69) is 73.6 Å². The quantitative estimate of drug-likeness (QED) is 0.297. The molecule has 3 aliphatic heterocycles. The van der Waals surface area contributed by atoms with Gasteiger partial charge in [-0.3, -0.25) is 14.7 Å². The number of nitrogens with one attached hydrogen (secondary N) is 2. The molecule has 0 saturated carbocycles. The lowest BCUT2D eigenvalue weighted by Gasteiger charge is -2.40. The van der Waals surface area contributed by atoms with Gasteiger partial charge in [0, 0.05) is 87.7 Å². The summed E-state index contributed by atoms with van der Waals surface area (Å²) in [7, 11) is 0. The second-order valence-electron chi connectivity index (χ2n) is 10.1. The zero-order chi connectivity index (χ0) is 26.2. The minimum Gasteiger partial charge on any atom is -0.380 e. The van der Waals surface area contributed by atoms with Gasteiger partial charge in [0.05, 0.1) is 24.9 Å². The first-order chi connectivity index (χ1) is 19.2. The molecule has 0 radical (unpaired) electrons. The Balaban J connectivity index is 1.07. The van der Waals surface area contributed by atoms with E-state index in [1.54, 1.807) is 29.6 Å². The van der Waals surface area contributed by atoms with Crippen molar-refractivity contribution in [3.05, 3.63) is 89.0 Å². The van der Waals surface area contributed by atoms with Crippen LogP contribution in [-0.2, 0) is 11.3 Å². The molecule has 9 heteroatoms. The van der Waals surface area contributed by atoms with Gasteiger partial charge in [-0.25, -0.2) is 0 Å². The number of ether oxygens (including phenoxy) is 1. The fourth-order valence-electron chi connectivity index (χ4n) is 5.36. The Morgan fingerprint density at radius 3 is 2.72 bits per heavy atom. The van der Waals surface area contributed by atoms with Crippen LogP contribution in [-0.4, -0.2) is 60.3 Å². The highest BCUT2D eigenvalue weighted by molar-refractivity contribution is 8.05. The second kappa shape index (κ2) is 10.7. The number of H-pyrrole nitrogens is 1. The van der Waals surface area contributed by atoms with Gasteiger partial charge >= 0.3 is 0 Å². The van der Waals surface area contributed by atoms with Crippen LogP contribution in [0.15, 0.2) is 97.4 Å². The van der Waals surface area contributed by atoms with Gasteiger partial charge in [0.1, 0.15) is 0 Å². The Labute approximate surface area is 236 Å². The van der Waals surface area contributed by atoms with E-state index in [4.69, 9.17) is 4.74 Å². The number of hydrogen-bond acceptors (Lipinski definition) is 8. The van der Waals surface area contributed by atoms with Crippen LogP contribution in [0.25, 0.3) is 11.3 Å². The molecule has 0 bridgehead atoms. The minimum absolute atomic E-state index is 0.0776. The topological polar surface area (TPSA) is 73.5 Å². The fourth-order valence-corrected chi connectivity index (χ4v) is 7.77. The van der Waals surface area contributed by atoms with Gasteiger partial charge in [-0.05, 0) is 42.0 Å². The normalized spacial score (nSPS) is 17.3.